The van der Waals surface area contributed by atoms with E-state index < -0.39 is 5.97 Å². The summed E-state index contributed by atoms with van der Waals surface area (Å²) in [6.45, 7) is 0. The Bertz CT molecular complexity index is 647. The van der Waals surface area contributed by atoms with Gasteiger partial charge < -0.3 is 16.2 Å². The third-order valence-electron chi connectivity index (χ3n) is 2.36. The summed E-state index contributed by atoms with van der Waals surface area (Å²) in [5, 5.41) is 12.0. The monoisotopic (exact) mass is 385 g/mol. The standard InChI is InChI=1S/C12H9Br2N3O2/c13-6-1-2-10(8(14)3-6)17-11-4-7(12(18)19)9(15)5-16-11/h1-5H,15H2,(H,16,17)(H,18,19). The maximum atomic E-state index is 11.0. The lowest BCUT2D eigenvalue weighted by molar-refractivity contribution is 0.0698. The molecule has 0 bridgehead atoms. The number of hydrogen-bond acceptors (Lipinski definition) is 4. The van der Waals surface area contributed by atoms with Crippen LogP contribution in [-0.4, -0.2) is 16.1 Å². The van der Waals surface area contributed by atoms with E-state index in [2.05, 4.69) is 42.2 Å². The molecule has 98 valence electrons. The van der Waals surface area contributed by atoms with Gasteiger partial charge >= 0.3 is 5.97 Å². The molecule has 19 heavy (non-hydrogen) atoms. The van der Waals surface area contributed by atoms with Gasteiger partial charge in [0.15, 0.2) is 0 Å². The van der Waals surface area contributed by atoms with Crippen molar-refractivity contribution in [3.63, 3.8) is 0 Å². The van der Waals surface area contributed by atoms with E-state index in [0.29, 0.717) is 5.82 Å². The number of carboxylic acids is 1. The predicted octanol–water partition coefficient (Wildman–Crippen LogP) is 3.63. The summed E-state index contributed by atoms with van der Waals surface area (Å²) in [6, 6.07) is 6.97. The Kier molecular flexibility index (Phi) is 4.06. The number of benzene rings is 1. The molecule has 7 heteroatoms. The van der Waals surface area contributed by atoms with Gasteiger partial charge in [0, 0.05) is 8.95 Å². The fourth-order valence-electron chi connectivity index (χ4n) is 1.45. The topological polar surface area (TPSA) is 88.2 Å². The first kappa shape index (κ1) is 13.8. The van der Waals surface area contributed by atoms with Crippen LogP contribution in [0.25, 0.3) is 0 Å². The molecule has 0 saturated carbocycles. The van der Waals surface area contributed by atoms with Crippen LogP contribution in [0.2, 0.25) is 0 Å². The Morgan fingerprint density at radius 1 is 1.32 bits per heavy atom. The summed E-state index contributed by atoms with van der Waals surface area (Å²) in [4.78, 5) is 15.0. The molecule has 0 radical (unpaired) electrons. The number of nitrogen functional groups attached to an aromatic ring is 1. The van der Waals surface area contributed by atoms with Crippen LogP contribution in [0.4, 0.5) is 17.2 Å². The minimum absolute atomic E-state index is 0.0192. The molecule has 0 saturated heterocycles. The lowest BCUT2D eigenvalue weighted by Crippen LogP contribution is -2.05. The Hall–Kier alpha value is -1.60. The van der Waals surface area contributed by atoms with Crippen molar-refractivity contribution < 1.29 is 9.90 Å². The van der Waals surface area contributed by atoms with Gasteiger partial charge in [-0.25, -0.2) is 9.78 Å². The van der Waals surface area contributed by atoms with Crippen LogP contribution in [-0.2, 0) is 0 Å². The number of pyridine rings is 1. The van der Waals surface area contributed by atoms with Crippen LogP contribution in [0.3, 0.4) is 0 Å². The summed E-state index contributed by atoms with van der Waals surface area (Å²) in [5.41, 5.74) is 6.47. The maximum absolute atomic E-state index is 11.0. The molecule has 0 fully saturated rings. The van der Waals surface area contributed by atoms with Gasteiger partial charge in [0.05, 0.1) is 23.1 Å². The van der Waals surface area contributed by atoms with E-state index in [1.54, 1.807) is 0 Å². The average Bonchev–Trinajstić information content (AvgIpc) is 2.34. The third kappa shape index (κ3) is 3.24. The number of nitrogens with one attached hydrogen (secondary N) is 1. The molecule has 1 aromatic carbocycles. The maximum Gasteiger partial charge on any atom is 0.337 e. The van der Waals surface area contributed by atoms with Crippen LogP contribution in [0.15, 0.2) is 39.4 Å². The van der Waals surface area contributed by atoms with Crippen LogP contribution < -0.4 is 11.1 Å². The molecular formula is C12H9Br2N3O2. The van der Waals surface area contributed by atoms with E-state index in [0.717, 1.165) is 14.6 Å². The highest BCUT2D eigenvalue weighted by atomic mass is 79.9. The largest absolute Gasteiger partial charge is 0.478 e. The first-order chi connectivity index (χ1) is 8.97. The number of rotatable bonds is 3. The van der Waals surface area contributed by atoms with Crippen LogP contribution >= 0.6 is 31.9 Å². The number of aromatic carboxylic acids is 1. The molecule has 5 nitrogen and oxygen atoms in total. The van der Waals surface area contributed by atoms with Gasteiger partial charge in [-0.3, -0.25) is 0 Å². The lowest BCUT2D eigenvalue weighted by Gasteiger charge is -2.09. The van der Waals surface area contributed by atoms with E-state index in [1.165, 1.54) is 12.3 Å². The van der Waals surface area contributed by atoms with Crippen molar-refractivity contribution in [1.82, 2.24) is 4.98 Å². The molecule has 0 aliphatic heterocycles. The zero-order chi connectivity index (χ0) is 14.0. The molecular weight excluding hydrogens is 378 g/mol. The quantitative estimate of drug-likeness (QED) is 0.749. The van der Waals surface area contributed by atoms with Gasteiger partial charge in [-0.2, -0.15) is 0 Å². The highest BCUT2D eigenvalue weighted by molar-refractivity contribution is 9.11. The number of hydrogen-bond donors (Lipinski definition) is 3. The zero-order valence-electron chi connectivity index (χ0n) is 9.52. The molecule has 0 atom stereocenters. The van der Waals surface area contributed by atoms with Gasteiger partial charge in [0.2, 0.25) is 0 Å². The van der Waals surface area contributed by atoms with Crippen molar-refractivity contribution in [3.05, 3.63) is 45.0 Å². The number of anilines is 3. The van der Waals surface area contributed by atoms with Crippen LogP contribution in [0, 0.1) is 0 Å². The molecule has 0 spiro atoms. The number of nitrogens with zero attached hydrogens (tertiary/aromatic N) is 1. The van der Waals surface area contributed by atoms with Crippen molar-refractivity contribution in [2.75, 3.05) is 11.1 Å². The van der Waals surface area contributed by atoms with E-state index in [9.17, 15) is 4.79 Å². The van der Waals surface area contributed by atoms with Gasteiger partial charge in [-0.1, -0.05) is 15.9 Å². The Morgan fingerprint density at radius 3 is 2.68 bits per heavy atom. The van der Waals surface area contributed by atoms with Crippen molar-refractivity contribution in [2.45, 2.75) is 0 Å². The number of carbonyl (C=O) groups is 1. The second kappa shape index (κ2) is 5.58. The summed E-state index contributed by atoms with van der Waals surface area (Å²) in [6.07, 6.45) is 1.32. The Morgan fingerprint density at radius 2 is 2.05 bits per heavy atom. The number of halogens is 2. The number of nitrogens with two attached hydrogens (primary N) is 1. The molecule has 4 N–H and O–H groups in total. The molecule has 1 aromatic heterocycles. The third-order valence-corrected chi connectivity index (χ3v) is 3.51. The van der Waals surface area contributed by atoms with Crippen LogP contribution in [0.5, 0.6) is 0 Å². The van der Waals surface area contributed by atoms with E-state index >= 15 is 0 Å². The summed E-state index contributed by atoms with van der Waals surface area (Å²) in [5.74, 6) is -0.674. The predicted molar refractivity (Wildman–Crippen MR) is 80.7 cm³/mol. The average molecular weight is 387 g/mol. The molecule has 0 aliphatic rings. The van der Waals surface area contributed by atoms with Crippen molar-refractivity contribution in [3.8, 4) is 0 Å². The molecule has 0 amide bonds. The van der Waals surface area contributed by atoms with Gasteiger partial charge in [0.25, 0.3) is 0 Å². The molecule has 2 rings (SSSR count). The first-order valence-electron chi connectivity index (χ1n) is 5.18. The van der Waals surface area contributed by atoms with Crippen molar-refractivity contribution in [1.29, 1.82) is 0 Å². The summed E-state index contributed by atoms with van der Waals surface area (Å²) in [7, 11) is 0. The first-order valence-corrected chi connectivity index (χ1v) is 6.77. The van der Waals surface area contributed by atoms with Crippen molar-refractivity contribution in [2.24, 2.45) is 0 Å². The minimum atomic E-state index is -1.09. The smallest absolute Gasteiger partial charge is 0.337 e. The normalized spacial score (nSPS) is 10.2. The highest BCUT2D eigenvalue weighted by Gasteiger charge is 2.10. The fraction of sp³-hybridized carbons (Fsp3) is 0. The van der Waals surface area contributed by atoms with E-state index in [4.69, 9.17) is 10.8 Å². The molecule has 0 unspecified atom stereocenters. The molecule has 0 aliphatic carbocycles. The minimum Gasteiger partial charge on any atom is -0.478 e. The zero-order valence-corrected chi connectivity index (χ0v) is 12.7. The van der Waals surface area contributed by atoms with E-state index in [1.807, 2.05) is 18.2 Å². The Labute approximate surface area is 126 Å². The van der Waals surface area contributed by atoms with Gasteiger partial charge in [-0.05, 0) is 40.2 Å². The summed E-state index contributed by atoms with van der Waals surface area (Å²) >= 11 is 6.76. The number of carboxylic acid groups (broad SMARTS) is 1. The van der Waals surface area contributed by atoms with Crippen molar-refractivity contribution >= 4 is 55.0 Å². The van der Waals surface area contributed by atoms with Gasteiger partial charge in [-0.15, -0.1) is 0 Å². The number of aromatic nitrogens is 1. The summed E-state index contributed by atoms with van der Waals surface area (Å²) < 4.78 is 1.76. The second-order valence-electron chi connectivity index (χ2n) is 3.71. The molecule has 2 aromatic rings. The Balaban J connectivity index is 2.33. The second-order valence-corrected chi connectivity index (χ2v) is 5.48. The highest BCUT2D eigenvalue weighted by Crippen LogP contribution is 2.28. The van der Waals surface area contributed by atoms with E-state index in [-0.39, 0.29) is 11.3 Å². The molecule has 1 heterocycles. The fourth-order valence-corrected chi connectivity index (χ4v) is 2.59. The lowest BCUT2D eigenvalue weighted by atomic mass is 10.2. The SMILES string of the molecule is Nc1cnc(Nc2ccc(Br)cc2Br)cc1C(=O)O. The van der Waals surface area contributed by atoms with Gasteiger partial charge in [0.1, 0.15) is 5.82 Å². The van der Waals surface area contributed by atoms with Crippen LogP contribution in [0.1, 0.15) is 10.4 Å².